The van der Waals surface area contributed by atoms with Crippen molar-refractivity contribution in [3.05, 3.63) is 0 Å². The Bertz CT molecular complexity index is 94.2. The van der Waals surface area contributed by atoms with Crippen molar-refractivity contribution in [2.75, 3.05) is 7.11 Å². The highest BCUT2D eigenvalue weighted by Crippen LogP contribution is 1.84. The molecule has 1 N–H and O–H groups in total. The van der Waals surface area contributed by atoms with Gasteiger partial charge in [0.05, 0.1) is 0 Å². The third-order valence-corrected chi connectivity index (χ3v) is 0.701. The standard InChI is InChI=1S/C5H11NO3/c1-4(7)6-9-5(2)8-3/h5H,1-3H3,(H,6,7). The van der Waals surface area contributed by atoms with Crippen molar-refractivity contribution in [1.29, 1.82) is 0 Å². The van der Waals surface area contributed by atoms with Gasteiger partial charge in [0, 0.05) is 14.0 Å². The highest BCUT2D eigenvalue weighted by molar-refractivity contribution is 5.71. The number of methoxy groups -OCH3 is 1. The fourth-order valence-corrected chi connectivity index (χ4v) is 0.214. The summed E-state index contributed by atoms with van der Waals surface area (Å²) in [4.78, 5) is 14.8. The number of hydrogen-bond donors (Lipinski definition) is 1. The predicted molar refractivity (Wildman–Crippen MR) is 31.4 cm³/mol. The molecule has 0 bridgehead atoms. The van der Waals surface area contributed by atoms with Gasteiger partial charge < -0.3 is 4.74 Å². The smallest absolute Gasteiger partial charge is 0.240 e. The van der Waals surface area contributed by atoms with Crippen LogP contribution in [-0.2, 0) is 14.4 Å². The maximum atomic E-state index is 10.2. The van der Waals surface area contributed by atoms with E-state index < -0.39 is 6.29 Å². The average molecular weight is 133 g/mol. The molecule has 4 nitrogen and oxygen atoms in total. The van der Waals surface area contributed by atoms with Crippen molar-refractivity contribution in [3.8, 4) is 0 Å². The summed E-state index contributed by atoms with van der Waals surface area (Å²) < 4.78 is 4.66. The molecule has 0 aliphatic carbocycles. The highest BCUT2D eigenvalue weighted by atomic mass is 16.8. The van der Waals surface area contributed by atoms with Crippen LogP contribution in [0.3, 0.4) is 0 Å². The molecule has 1 amide bonds. The maximum absolute atomic E-state index is 10.2. The summed E-state index contributed by atoms with van der Waals surface area (Å²) in [6, 6.07) is 0. The zero-order valence-electron chi connectivity index (χ0n) is 5.80. The first kappa shape index (κ1) is 8.39. The van der Waals surface area contributed by atoms with Crippen molar-refractivity contribution in [2.24, 2.45) is 0 Å². The van der Waals surface area contributed by atoms with Gasteiger partial charge in [0.25, 0.3) is 0 Å². The largest absolute Gasteiger partial charge is 0.354 e. The Hall–Kier alpha value is -0.610. The van der Waals surface area contributed by atoms with E-state index in [2.05, 4.69) is 15.1 Å². The Kier molecular flexibility index (Phi) is 4.00. The Morgan fingerprint density at radius 1 is 1.67 bits per heavy atom. The molecule has 0 saturated heterocycles. The SMILES string of the molecule is COC(C)ONC(C)=O. The van der Waals surface area contributed by atoms with Crippen LogP contribution in [0.1, 0.15) is 13.8 Å². The quantitative estimate of drug-likeness (QED) is 0.437. The molecule has 0 aromatic carbocycles. The van der Waals surface area contributed by atoms with Crippen LogP contribution < -0.4 is 5.48 Å². The fourth-order valence-electron chi connectivity index (χ4n) is 0.214. The van der Waals surface area contributed by atoms with Crippen LogP contribution in [-0.4, -0.2) is 19.3 Å². The number of rotatable bonds is 3. The second-order valence-electron chi connectivity index (χ2n) is 1.58. The van der Waals surface area contributed by atoms with E-state index in [1.807, 2.05) is 0 Å². The molecule has 1 atom stereocenters. The van der Waals surface area contributed by atoms with E-state index in [0.717, 1.165) is 0 Å². The van der Waals surface area contributed by atoms with E-state index in [9.17, 15) is 4.79 Å². The van der Waals surface area contributed by atoms with Crippen LogP contribution in [0.25, 0.3) is 0 Å². The van der Waals surface area contributed by atoms with Gasteiger partial charge in [-0.05, 0) is 6.92 Å². The van der Waals surface area contributed by atoms with E-state index in [1.165, 1.54) is 14.0 Å². The van der Waals surface area contributed by atoms with Crippen LogP contribution in [0.15, 0.2) is 0 Å². The summed E-state index contributed by atoms with van der Waals surface area (Å²) in [5, 5.41) is 0. The monoisotopic (exact) mass is 133 g/mol. The Morgan fingerprint density at radius 3 is 2.56 bits per heavy atom. The molecule has 0 aliphatic rings. The van der Waals surface area contributed by atoms with Gasteiger partial charge in [-0.3, -0.25) is 4.79 Å². The Morgan fingerprint density at radius 2 is 2.22 bits per heavy atom. The normalized spacial score (nSPS) is 12.8. The van der Waals surface area contributed by atoms with Gasteiger partial charge in [0.1, 0.15) is 0 Å². The van der Waals surface area contributed by atoms with Crippen molar-refractivity contribution in [1.82, 2.24) is 5.48 Å². The van der Waals surface area contributed by atoms with Gasteiger partial charge in [-0.15, -0.1) is 0 Å². The number of nitrogens with one attached hydrogen (secondary N) is 1. The van der Waals surface area contributed by atoms with E-state index in [4.69, 9.17) is 0 Å². The van der Waals surface area contributed by atoms with Gasteiger partial charge in [-0.25, -0.2) is 10.3 Å². The van der Waals surface area contributed by atoms with Gasteiger partial charge in [0.2, 0.25) is 5.91 Å². The second kappa shape index (κ2) is 4.29. The van der Waals surface area contributed by atoms with Crippen LogP contribution >= 0.6 is 0 Å². The lowest BCUT2D eigenvalue weighted by Crippen LogP contribution is -2.26. The molecule has 0 rings (SSSR count). The summed E-state index contributed by atoms with van der Waals surface area (Å²) in [5.74, 6) is -0.237. The topological polar surface area (TPSA) is 47.6 Å². The van der Waals surface area contributed by atoms with Crippen molar-refractivity contribution >= 4 is 5.91 Å². The number of carbonyl (C=O) groups is 1. The van der Waals surface area contributed by atoms with Gasteiger partial charge >= 0.3 is 0 Å². The average Bonchev–Trinajstić information content (AvgIpc) is 1.83. The van der Waals surface area contributed by atoms with E-state index in [-0.39, 0.29) is 5.91 Å². The minimum atomic E-state index is -0.395. The number of hydrogen-bond acceptors (Lipinski definition) is 3. The number of carbonyl (C=O) groups excluding carboxylic acids is 1. The third-order valence-electron chi connectivity index (χ3n) is 0.701. The lowest BCUT2D eigenvalue weighted by Gasteiger charge is -2.08. The van der Waals surface area contributed by atoms with Gasteiger partial charge in [0.15, 0.2) is 6.29 Å². The molecule has 9 heavy (non-hydrogen) atoms. The predicted octanol–water partition coefficient (Wildman–Crippen LogP) is 0.0465. The van der Waals surface area contributed by atoms with Gasteiger partial charge in [-0.1, -0.05) is 0 Å². The van der Waals surface area contributed by atoms with Crippen LogP contribution in [0, 0.1) is 0 Å². The maximum Gasteiger partial charge on any atom is 0.240 e. The van der Waals surface area contributed by atoms with Crippen molar-refractivity contribution < 1.29 is 14.4 Å². The minimum Gasteiger partial charge on any atom is -0.354 e. The zero-order valence-corrected chi connectivity index (χ0v) is 5.80. The first-order valence-corrected chi connectivity index (χ1v) is 2.62. The summed E-state index contributed by atoms with van der Waals surface area (Å²) in [7, 11) is 1.49. The molecule has 0 fully saturated rings. The van der Waals surface area contributed by atoms with Crippen LogP contribution in [0.4, 0.5) is 0 Å². The van der Waals surface area contributed by atoms with Crippen molar-refractivity contribution in [2.45, 2.75) is 20.1 Å². The summed E-state index contributed by atoms with van der Waals surface area (Å²) in [6.07, 6.45) is -0.395. The summed E-state index contributed by atoms with van der Waals surface area (Å²) in [5.41, 5.74) is 2.13. The van der Waals surface area contributed by atoms with Crippen LogP contribution in [0.5, 0.6) is 0 Å². The Balaban J connectivity index is 3.16. The van der Waals surface area contributed by atoms with Crippen molar-refractivity contribution in [3.63, 3.8) is 0 Å². The molecule has 0 heterocycles. The molecular weight excluding hydrogens is 122 g/mol. The number of amides is 1. The van der Waals surface area contributed by atoms with E-state index >= 15 is 0 Å². The third kappa shape index (κ3) is 5.26. The lowest BCUT2D eigenvalue weighted by molar-refractivity contribution is -0.169. The molecule has 0 spiro atoms. The van der Waals surface area contributed by atoms with Gasteiger partial charge in [-0.2, -0.15) is 0 Å². The highest BCUT2D eigenvalue weighted by Gasteiger charge is 1.97. The fraction of sp³-hybridized carbons (Fsp3) is 0.800. The molecule has 0 aromatic rings. The number of hydroxylamine groups is 1. The lowest BCUT2D eigenvalue weighted by atomic mass is 10.7. The number of ether oxygens (including phenoxy) is 1. The second-order valence-corrected chi connectivity index (χ2v) is 1.58. The molecule has 0 aromatic heterocycles. The summed E-state index contributed by atoms with van der Waals surface area (Å²) >= 11 is 0. The van der Waals surface area contributed by atoms with E-state index in [0.29, 0.717) is 0 Å². The molecule has 1 unspecified atom stereocenters. The van der Waals surface area contributed by atoms with E-state index in [1.54, 1.807) is 6.92 Å². The first-order chi connectivity index (χ1) is 4.16. The molecule has 0 radical (unpaired) electrons. The van der Waals surface area contributed by atoms with Crippen LogP contribution in [0.2, 0.25) is 0 Å². The molecule has 0 saturated carbocycles. The molecule has 54 valence electrons. The molecule has 4 heteroatoms. The molecule has 0 aliphatic heterocycles. The minimum absolute atomic E-state index is 0.237. The zero-order chi connectivity index (χ0) is 7.28. The summed E-state index contributed by atoms with van der Waals surface area (Å²) in [6.45, 7) is 3.04. The molecular formula is C5H11NO3. The first-order valence-electron chi connectivity index (χ1n) is 2.62. The Labute approximate surface area is 54.1 Å².